The molecule has 1 aliphatic heterocycles. The van der Waals surface area contributed by atoms with Crippen molar-refractivity contribution in [1.29, 1.82) is 0 Å². The van der Waals surface area contributed by atoms with Gasteiger partial charge in [-0.05, 0) is 41.8 Å². The summed E-state index contributed by atoms with van der Waals surface area (Å²) >= 11 is 0. The number of ether oxygens (including phenoxy) is 1. The minimum absolute atomic E-state index is 0.0534. The summed E-state index contributed by atoms with van der Waals surface area (Å²) in [7, 11) is 1.39. The van der Waals surface area contributed by atoms with Crippen molar-refractivity contribution < 1.29 is 14.3 Å². The standard InChI is InChI=1S/C35H28N2O3/c1-20-29(35(39)40-3)31(32-33(36-20)25-15-6-7-16-26(25)34(32)38)30-21(2)37(28-18-9-8-17-27(28)30)19-23-13-10-12-22-11-4-5-14-24(22)23/h4-18,31,36H,19H2,1-3H3/t31-/m1/s1. The second kappa shape index (κ2) is 9.09. The molecule has 0 fully saturated rings. The Morgan fingerprint density at radius 3 is 2.33 bits per heavy atom. The molecular weight excluding hydrogens is 496 g/mol. The topological polar surface area (TPSA) is 60.3 Å². The Hall–Kier alpha value is -4.90. The molecule has 4 aromatic carbocycles. The van der Waals surface area contributed by atoms with Crippen LogP contribution in [0.25, 0.3) is 27.4 Å². The molecule has 1 aromatic heterocycles. The number of dihydropyridines is 1. The van der Waals surface area contributed by atoms with Crippen molar-refractivity contribution in [2.45, 2.75) is 26.3 Å². The van der Waals surface area contributed by atoms with E-state index < -0.39 is 11.9 Å². The van der Waals surface area contributed by atoms with Gasteiger partial charge < -0.3 is 14.6 Å². The van der Waals surface area contributed by atoms with Crippen LogP contribution in [0, 0.1) is 6.92 Å². The summed E-state index contributed by atoms with van der Waals surface area (Å²) in [6, 6.07) is 30.7. The van der Waals surface area contributed by atoms with Crippen LogP contribution in [-0.4, -0.2) is 23.4 Å². The summed E-state index contributed by atoms with van der Waals surface area (Å²) < 4.78 is 7.61. The van der Waals surface area contributed by atoms with Crippen LogP contribution in [0.15, 0.2) is 108 Å². The second-order valence-corrected chi connectivity index (χ2v) is 10.5. The molecule has 0 amide bonds. The number of allylic oxidation sites excluding steroid dienone is 2. The van der Waals surface area contributed by atoms with Gasteiger partial charge in [-0.1, -0.05) is 84.9 Å². The molecule has 2 heterocycles. The average Bonchev–Trinajstić information content (AvgIpc) is 3.42. The highest BCUT2D eigenvalue weighted by Gasteiger charge is 2.44. The first-order chi connectivity index (χ1) is 19.5. The molecule has 0 bridgehead atoms. The Kier molecular flexibility index (Phi) is 5.49. The summed E-state index contributed by atoms with van der Waals surface area (Å²) in [5.41, 5.74) is 8.33. The minimum atomic E-state index is -0.567. The molecule has 1 atom stereocenters. The fourth-order valence-corrected chi connectivity index (χ4v) is 6.62. The molecule has 0 spiro atoms. The van der Waals surface area contributed by atoms with Crippen LogP contribution in [0.2, 0.25) is 0 Å². The van der Waals surface area contributed by atoms with Gasteiger partial charge in [-0.25, -0.2) is 4.79 Å². The lowest BCUT2D eigenvalue weighted by atomic mass is 9.78. The van der Waals surface area contributed by atoms with Gasteiger partial charge in [-0.15, -0.1) is 0 Å². The number of fused-ring (bicyclic) bond motifs is 4. The quantitative estimate of drug-likeness (QED) is 0.260. The Morgan fingerprint density at radius 1 is 0.850 bits per heavy atom. The van der Waals surface area contributed by atoms with Crippen LogP contribution in [0.4, 0.5) is 0 Å². The number of para-hydroxylation sites is 1. The summed E-state index contributed by atoms with van der Waals surface area (Å²) in [6.07, 6.45) is 0. The number of hydrogen-bond donors (Lipinski definition) is 1. The molecule has 0 unspecified atom stereocenters. The highest BCUT2D eigenvalue weighted by atomic mass is 16.5. The fourth-order valence-electron chi connectivity index (χ4n) is 6.62. The van der Waals surface area contributed by atoms with E-state index in [0.717, 1.165) is 33.4 Å². The number of carbonyl (C=O) groups is 2. The molecule has 0 radical (unpaired) electrons. The molecular formula is C35H28N2O3. The van der Waals surface area contributed by atoms with Crippen LogP contribution in [0.5, 0.6) is 0 Å². The van der Waals surface area contributed by atoms with Crippen molar-refractivity contribution in [2.24, 2.45) is 0 Å². The molecule has 0 saturated heterocycles. The van der Waals surface area contributed by atoms with Gasteiger partial charge in [0.2, 0.25) is 0 Å². The summed E-state index contributed by atoms with van der Waals surface area (Å²) in [5.74, 6) is -1.06. The Morgan fingerprint density at radius 2 is 1.52 bits per heavy atom. The van der Waals surface area contributed by atoms with Gasteiger partial charge in [-0.2, -0.15) is 0 Å². The minimum Gasteiger partial charge on any atom is -0.466 e. The van der Waals surface area contributed by atoms with Gasteiger partial charge in [0.1, 0.15) is 0 Å². The third-order valence-electron chi connectivity index (χ3n) is 8.43. The monoisotopic (exact) mass is 524 g/mol. The SMILES string of the molecule is COC(=O)C1=C(C)NC2=C(C(=O)c3ccccc32)[C@H]1c1c(C)n(Cc2cccc3ccccc23)c2ccccc12. The molecule has 1 N–H and O–H groups in total. The fraction of sp³-hybridized carbons (Fsp3) is 0.143. The zero-order chi connectivity index (χ0) is 27.5. The van der Waals surface area contributed by atoms with Gasteiger partial charge in [0.15, 0.2) is 5.78 Å². The van der Waals surface area contributed by atoms with E-state index in [0.29, 0.717) is 29.0 Å². The number of hydrogen-bond acceptors (Lipinski definition) is 4. The number of ketones is 1. The smallest absolute Gasteiger partial charge is 0.336 e. The second-order valence-electron chi connectivity index (χ2n) is 10.5. The van der Waals surface area contributed by atoms with Crippen LogP contribution in [0.1, 0.15) is 45.6 Å². The first-order valence-corrected chi connectivity index (χ1v) is 13.5. The third kappa shape index (κ3) is 3.40. The third-order valence-corrected chi connectivity index (χ3v) is 8.43. The molecule has 7 rings (SSSR count). The Labute approximate surface area is 232 Å². The van der Waals surface area contributed by atoms with E-state index in [9.17, 15) is 9.59 Å². The highest BCUT2D eigenvalue weighted by Crippen LogP contribution is 2.49. The molecule has 5 heteroatoms. The van der Waals surface area contributed by atoms with E-state index in [1.54, 1.807) is 0 Å². The summed E-state index contributed by atoms with van der Waals surface area (Å²) in [5, 5.41) is 6.83. The summed E-state index contributed by atoms with van der Waals surface area (Å²) in [6.45, 7) is 4.65. The number of rotatable bonds is 4. The van der Waals surface area contributed by atoms with Gasteiger partial charge in [-0.3, -0.25) is 4.79 Å². The lowest BCUT2D eigenvalue weighted by molar-refractivity contribution is -0.136. The van der Waals surface area contributed by atoms with E-state index in [2.05, 4.69) is 71.4 Å². The molecule has 2 aliphatic rings. The van der Waals surface area contributed by atoms with E-state index in [4.69, 9.17) is 4.74 Å². The van der Waals surface area contributed by atoms with Crippen molar-refractivity contribution in [3.63, 3.8) is 0 Å². The van der Waals surface area contributed by atoms with Crippen molar-refractivity contribution in [1.82, 2.24) is 9.88 Å². The van der Waals surface area contributed by atoms with E-state index in [1.165, 1.54) is 23.4 Å². The number of benzene rings is 4. The molecule has 196 valence electrons. The largest absolute Gasteiger partial charge is 0.466 e. The number of methoxy groups -OCH3 is 1. The maximum Gasteiger partial charge on any atom is 0.336 e. The van der Waals surface area contributed by atoms with Gasteiger partial charge in [0, 0.05) is 45.5 Å². The number of nitrogens with zero attached hydrogens (tertiary/aromatic N) is 1. The van der Waals surface area contributed by atoms with Crippen molar-refractivity contribution in [2.75, 3.05) is 7.11 Å². The molecule has 40 heavy (non-hydrogen) atoms. The number of nitrogens with one attached hydrogen (secondary N) is 1. The average molecular weight is 525 g/mol. The predicted molar refractivity (Wildman–Crippen MR) is 158 cm³/mol. The van der Waals surface area contributed by atoms with E-state index in [-0.39, 0.29) is 5.78 Å². The van der Waals surface area contributed by atoms with E-state index in [1.807, 2.05) is 43.3 Å². The normalized spacial score (nSPS) is 16.4. The van der Waals surface area contributed by atoms with Crippen molar-refractivity contribution in [3.8, 4) is 0 Å². The Bertz CT molecular complexity index is 1950. The first-order valence-electron chi connectivity index (χ1n) is 13.5. The van der Waals surface area contributed by atoms with Crippen molar-refractivity contribution in [3.05, 3.63) is 136 Å². The van der Waals surface area contributed by atoms with Crippen molar-refractivity contribution >= 4 is 39.1 Å². The van der Waals surface area contributed by atoms with Gasteiger partial charge >= 0.3 is 5.97 Å². The van der Waals surface area contributed by atoms with Crippen LogP contribution >= 0.6 is 0 Å². The maximum absolute atomic E-state index is 14.0. The first kappa shape index (κ1) is 24.2. The van der Waals surface area contributed by atoms with Crippen LogP contribution in [-0.2, 0) is 16.1 Å². The Balaban J connectivity index is 1.49. The van der Waals surface area contributed by atoms with Gasteiger partial charge in [0.05, 0.1) is 24.3 Å². The summed E-state index contributed by atoms with van der Waals surface area (Å²) in [4.78, 5) is 27.4. The number of esters is 1. The molecule has 5 nitrogen and oxygen atoms in total. The number of aromatic nitrogens is 1. The van der Waals surface area contributed by atoms with E-state index >= 15 is 0 Å². The lowest BCUT2D eigenvalue weighted by Crippen LogP contribution is -2.29. The molecule has 5 aromatic rings. The predicted octanol–water partition coefficient (Wildman–Crippen LogP) is 6.89. The van der Waals surface area contributed by atoms with Crippen LogP contribution < -0.4 is 5.32 Å². The lowest BCUT2D eigenvalue weighted by Gasteiger charge is -2.29. The zero-order valence-corrected chi connectivity index (χ0v) is 22.6. The zero-order valence-electron chi connectivity index (χ0n) is 22.6. The number of carbonyl (C=O) groups excluding carboxylic acids is 2. The molecule has 0 saturated carbocycles. The van der Waals surface area contributed by atoms with Gasteiger partial charge in [0.25, 0.3) is 0 Å². The highest BCUT2D eigenvalue weighted by molar-refractivity contribution is 6.23. The molecule has 1 aliphatic carbocycles. The maximum atomic E-state index is 14.0. The van der Waals surface area contributed by atoms with Crippen LogP contribution in [0.3, 0.4) is 0 Å². The number of Topliss-reactive ketones (excluding diaryl/α,β-unsaturated/α-hetero) is 1.